The van der Waals surface area contributed by atoms with Crippen LogP contribution in [0.2, 0.25) is 0 Å². The molecule has 4 amide bonds. The van der Waals surface area contributed by atoms with Crippen molar-refractivity contribution in [3.63, 3.8) is 0 Å². The van der Waals surface area contributed by atoms with E-state index in [-0.39, 0.29) is 35.5 Å². The third-order valence-corrected chi connectivity index (χ3v) is 31.3. The maximum Gasteiger partial charge on any atom is 0.282 e. The van der Waals surface area contributed by atoms with Gasteiger partial charge in [0.25, 0.3) is 5.92 Å². The van der Waals surface area contributed by atoms with Gasteiger partial charge in [-0.3, -0.25) is 19.2 Å². The molecule has 12 fully saturated rings. The lowest BCUT2D eigenvalue weighted by molar-refractivity contribution is -0.165. The summed E-state index contributed by atoms with van der Waals surface area (Å²) in [4.78, 5) is 101. The number of hydrogen-bond donors (Lipinski definition) is 0. The summed E-state index contributed by atoms with van der Waals surface area (Å²) in [6, 6.07) is 29.7. The van der Waals surface area contributed by atoms with Crippen molar-refractivity contribution in [3.8, 4) is 23.0 Å². The van der Waals surface area contributed by atoms with E-state index in [9.17, 15) is 28.0 Å². The summed E-state index contributed by atoms with van der Waals surface area (Å²) in [5, 5.41) is 0. The Balaban J connectivity index is 0.000000129. The molecule has 12 aliphatic rings. The van der Waals surface area contributed by atoms with Crippen molar-refractivity contribution in [3.05, 3.63) is 191 Å². The molecule has 0 N–H and O–H groups in total. The Kier molecular flexibility index (Phi) is 34.1. The Morgan fingerprint density at radius 2 is 0.650 bits per heavy atom. The number of carbonyl (C=O) groups is 4. The quantitative estimate of drug-likeness (QED) is 0.0348. The monoisotopic (exact) mass is 1920 g/mol. The molecule has 4 aliphatic carbocycles. The normalized spacial score (nSPS) is 23.0. The van der Waals surface area contributed by atoms with E-state index in [4.69, 9.17) is 33.2 Å². The molecule has 8 aliphatic heterocycles. The van der Waals surface area contributed by atoms with Crippen molar-refractivity contribution in [2.45, 2.75) is 195 Å². The minimum absolute atomic E-state index is 0.143. The summed E-state index contributed by atoms with van der Waals surface area (Å²) < 4.78 is 65.4. The van der Waals surface area contributed by atoms with Crippen molar-refractivity contribution in [1.29, 1.82) is 0 Å². The first-order valence-corrected chi connectivity index (χ1v) is 52.0. The molecule has 12 heterocycles. The van der Waals surface area contributed by atoms with Crippen molar-refractivity contribution in [2.24, 2.45) is 82.3 Å². The van der Waals surface area contributed by atoms with Gasteiger partial charge in [-0.2, -0.15) is 0 Å². The third kappa shape index (κ3) is 28.4. The maximum absolute atomic E-state index is 12.9. The summed E-state index contributed by atoms with van der Waals surface area (Å²) in [6.45, 7) is 28.1. The van der Waals surface area contributed by atoms with E-state index in [0.29, 0.717) is 51.6 Å². The lowest BCUT2D eigenvalue weighted by Gasteiger charge is -2.45. The molecule has 8 aromatic rings. The van der Waals surface area contributed by atoms with Crippen LogP contribution < -0.4 is 38.5 Å². The molecular formula is C111H148F2N16O11. The number of ether oxygens (including phenoxy) is 7. The number of hydrogen-bond acceptors (Lipinski definition) is 23. The number of aromatic nitrogens is 8. The van der Waals surface area contributed by atoms with Crippen LogP contribution in [0, 0.1) is 96.2 Å². The molecule has 29 heteroatoms. The van der Waals surface area contributed by atoms with Crippen LogP contribution in [0.5, 0.6) is 23.0 Å². The first kappa shape index (κ1) is 101. The fraction of sp³-hybridized carbons (Fsp3) is 0.604. The summed E-state index contributed by atoms with van der Waals surface area (Å²) in [6.07, 6.45) is 37.3. The minimum Gasteiger partial charge on any atom is -0.494 e. The van der Waals surface area contributed by atoms with Crippen molar-refractivity contribution < 1.29 is 61.1 Å². The molecule has 0 unspecified atom stereocenters. The molecule has 140 heavy (non-hydrogen) atoms. The van der Waals surface area contributed by atoms with E-state index in [1.807, 2.05) is 150 Å². The van der Waals surface area contributed by atoms with E-state index in [2.05, 4.69) is 99.3 Å². The standard InChI is InChI=1S/C29H40N4O3.C28H38N4O3.C27H34F2N4O3.C27H36N4O2/c1-29(2)19-33(20-29)27(34)14-21-4-6-25(7-5-21)36-13-10-24-15-26(24)23-8-11-32(12-9-23)28-30-16-22(17-31-28)18-35-3;1-20-17-32(18-20)27(33)13-21-3-5-25(6-4-21)35-12-9-24-14-26(24)23-7-10-31(11-8-23)28-29-15-22(16-30-28)19-34-2;1-35-16-20-14-30-26(31-15-20)32-9-6-21(7-10-32)24-13-22(24)8-11-36-23-4-2-19(3-5-23)12-25(34)33-17-27(28,29)18-33;1-19-17-28-27(29-18-19)31-11-6-21(7-12-31)25-15-23(25)8-13-33-24-5-4-22(20(2)14-24)16-26(32)30-9-3-10-30/h4-7,16-17,23-24,26H,8-15,18-20H2,1-3H3;3-6,15-16,20,23-24,26H,7-14,17-19H2,1-2H3;2-5,14-15,21-22,24H,6-13,16-18H2,1H3;4-5,14,17-18,21,23,25H,3,6-13,15-16H2,1-2H3/t2*24-,26-;22-,24-;23-,25-/m1111/s1. The zero-order chi connectivity index (χ0) is 97.2. The Morgan fingerprint density at radius 3 is 0.936 bits per heavy atom. The Morgan fingerprint density at radius 1 is 0.357 bits per heavy atom. The van der Waals surface area contributed by atoms with E-state index in [1.54, 1.807) is 21.3 Å². The van der Waals surface area contributed by atoms with Crippen LogP contribution in [0.3, 0.4) is 0 Å². The highest BCUT2D eigenvalue weighted by atomic mass is 19.3. The molecule has 27 nitrogen and oxygen atoms in total. The smallest absolute Gasteiger partial charge is 0.282 e. The fourth-order valence-corrected chi connectivity index (χ4v) is 22.5. The molecule has 4 aromatic carbocycles. The second kappa shape index (κ2) is 47.4. The van der Waals surface area contributed by atoms with Gasteiger partial charge in [-0.15, -0.1) is 0 Å². The van der Waals surface area contributed by atoms with E-state index < -0.39 is 19.0 Å². The summed E-state index contributed by atoms with van der Waals surface area (Å²) in [5.74, 6) is 15.0. The number of carbonyl (C=O) groups excluding carboxylic acids is 4. The second-order valence-corrected chi connectivity index (χ2v) is 42.9. The predicted molar refractivity (Wildman–Crippen MR) is 536 cm³/mol. The van der Waals surface area contributed by atoms with Crippen LogP contribution in [-0.2, 0) is 78.9 Å². The van der Waals surface area contributed by atoms with Crippen molar-refractivity contribution >= 4 is 47.4 Å². The molecular weight excluding hydrogens is 1770 g/mol. The predicted octanol–water partition coefficient (Wildman–Crippen LogP) is 16.5. The number of alkyl halides is 2. The van der Waals surface area contributed by atoms with E-state index in [0.717, 1.165) is 311 Å². The molecule has 0 spiro atoms. The van der Waals surface area contributed by atoms with Gasteiger partial charge in [0.05, 0.1) is 85.0 Å². The summed E-state index contributed by atoms with van der Waals surface area (Å²) in [5.41, 5.74) is 9.59. The Labute approximate surface area is 826 Å². The van der Waals surface area contributed by atoms with E-state index in [1.165, 1.54) is 81.9 Å². The van der Waals surface area contributed by atoms with Gasteiger partial charge < -0.3 is 72.4 Å². The molecule has 4 saturated carbocycles. The number of nitrogens with zero attached hydrogens (tertiary/aromatic N) is 16. The lowest BCUT2D eigenvalue weighted by atomic mass is 9.84. The summed E-state index contributed by atoms with van der Waals surface area (Å²) >= 11 is 0. The average Bonchev–Trinajstić information content (AvgIpc) is 1.73. The van der Waals surface area contributed by atoms with Gasteiger partial charge in [-0.25, -0.2) is 48.7 Å². The van der Waals surface area contributed by atoms with Gasteiger partial charge in [0.2, 0.25) is 47.4 Å². The van der Waals surface area contributed by atoms with Gasteiger partial charge in [-0.1, -0.05) is 63.2 Å². The van der Waals surface area contributed by atoms with Gasteiger partial charge in [0.1, 0.15) is 23.0 Å². The van der Waals surface area contributed by atoms with Crippen molar-refractivity contribution in [1.82, 2.24) is 59.5 Å². The van der Waals surface area contributed by atoms with Crippen LogP contribution >= 0.6 is 0 Å². The summed E-state index contributed by atoms with van der Waals surface area (Å²) in [7, 11) is 5.05. The maximum atomic E-state index is 12.9. The SMILES string of the molecule is COCc1cnc(N2CCC([C@H]3C[C@H]3CCOc3ccc(CC(=O)N4CC(C)(C)C4)cc3)CC2)nc1.COCc1cnc(N2CCC([C@H]3C[C@H]3CCOc3ccc(CC(=O)N4CC(C)C4)cc3)CC2)nc1.COCc1cnc(N2CCC([C@H]3C[C@H]3CCOc3ccc(CC(=O)N4CC(F)(F)C4)cc3)CC2)nc1.Cc1cnc(N2CCC([C@H]3C[C@H]3CCOc3ccc(CC(=O)N4CCC4)c(C)c3)CC2)nc1. The lowest BCUT2D eigenvalue weighted by Crippen LogP contribution is -2.58. The molecule has 8 saturated heterocycles. The van der Waals surface area contributed by atoms with Crippen LogP contribution in [-0.4, -0.2) is 241 Å². The highest BCUT2D eigenvalue weighted by Crippen LogP contribution is 2.54. The number of aryl methyl sites for hydroxylation is 2. The number of piperidine rings is 4. The van der Waals surface area contributed by atoms with E-state index >= 15 is 0 Å². The number of likely N-dealkylation sites (tertiary alicyclic amines) is 4. The number of halogens is 2. The number of anilines is 4. The molecule has 20 rings (SSSR count). The second-order valence-electron chi connectivity index (χ2n) is 42.9. The highest BCUT2D eigenvalue weighted by Gasteiger charge is 2.49. The first-order chi connectivity index (χ1) is 67.9. The molecule has 4 aromatic heterocycles. The minimum atomic E-state index is -2.72. The number of benzene rings is 4. The van der Waals surface area contributed by atoms with Gasteiger partial charge >= 0.3 is 0 Å². The van der Waals surface area contributed by atoms with Crippen LogP contribution in [0.15, 0.2) is 141 Å². The van der Waals surface area contributed by atoms with Crippen molar-refractivity contribution in [2.75, 3.05) is 172 Å². The number of rotatable bonds is 38. The molecule has 0 radical (unpaired) electrons. The zero-order valence-corrected chi connectivity index (χ0v) is 83.8. The molecule has 8 atom stereocenters. The zero-order valence-electron chi connectivity index (χ0n) is 83.8. The Hall–Kier alpha value is -10.8. The molecule has 0 bridgehead atoms. The van der Waals surface area contributed by atoms with Gasteiger partial charge in [0, 0.05) is 179 Å². The third-order valence-electron chi connectivity index (χ3n) is 31.3. The van der Waals surface area contributed by atoms with Crippen LogP contribution in [0.25, 0.3) is 0 Å². The average molecular weight is 1920 g/mol. The van der Waals surface area contributed by atoms with Gasteiger partial charge in [-0.05, 0) is 287 Å². The van der Waals surface area contributed by atoms with Crippen LogP contribution in [0.1, 0.15) is 180 Å². The largest absolute Gasteiger partial charge is 0.494 e. The number of amides is 4. The topological polar surface area (TPSA) is 262 Å². The van der Waals surface area contributed by atoms with Crippen LogP contribution in [0.4, 0.5) is 32.6 Å². The fourth-order valence-electron chi connectivity index (χ4n) is 22.5. The Bertz CT molecular complexity index is 5100. The molecule has 752 valence electrons. The first-order valence-electron chi connectivity index (χ1n) is 52.0. The number of methoxy groups -OCH3 is 3. The highest BCUT2D eigenvalue weighted by molar-refractivity contribution is 5.81. The van der Waals surface area contributed by atoms with Gasteiger partial charge in [0.15, 0.2) is 0 Å².